The van der Waals surface area contributed by atoms with E-state index in [1.807, 2.05) is 0 Å². The molecule has 0 saturated heterocycles. The monoisotopic (exact) mass is 167 g/mol. The third-order valence-corrected chi connectivity index (χ3v) is 1.86. The van der Waals surface area contributed by atoms with E-state index >= 15 is 0 Å². The smallest absolute Gasteiger partial charge is 0.115 e. The van der Waals surface area contributed by atoms with Gasteiger partial charge in [-0.05, 0) is 24.6 Å². The summed E-state index contributed by atoms with van der Waals surface area (Å²) in [7, 11) is 0. The molecule has 1 unspecified atom stereocenters. The summed E-state index contributed by atoms with van der Waals surface area (Å²) in [6, 6.07) is 6.50. The molecule has 4 N–H and O–H groups in total. The average molecular weight is 167 g/mol. The number of aliphatic hydroxyl groups is 1. The van der Waals surface area contributed by atoms with Crippen LogP contribution in [0.2, 0.25) is 0 Å². The minimum absolute atomic E-state index is 0.113. The topological polar surface area (TPSA) is 66.5 Å². The van der Waals surface area contributed by atoms with E-state index in [4.69, 9.17) is 15.9 Å². The molecule has 0 aliphatic carbocycles. The largest absolute Gasteiger partial charge is 0.508 e. The Morgan fingerprint density at radius 1 is 1.33 bits per heavy atom. The Kier molecular flexibility index (Phi) is 2.35. The minimum atomic E-state index is -0.728. The molecule has 0 radical (unpaired) electrons. The van der Waals surface area contributed by atoms with Crippen molar-refractivity contribution < 1.29 is 10.2 Å². The Bertz CT molecular complexity index is 254. The van der Waals surface area contributed by atoms with Crippen LogP contribution in [0, 0.1) is 0 Å². The van der Waals surface area contributed by atoms with Crippen molar-refractivity contribution in [2.75, 3.05) is 6.61 Å². The average Bonchev–Trinajstić information content (AvgIpc) is 2.05. The van der Waals surface area contributed by atoms with E-state index in [-0.39, 0.29) is 12.4 Å². The molecule has 0 fully saturated rings. The Morgan fingerprint density at radius 3 is 2.25 bits per heavy atom. The van der Waals surface area contributed by atoms with Crippen molar-refractivity contribution in [1.82, 2.24) is 0 Å². The second-order valence-corrected chi connectivity index (χ2v) is 3.12. The predicted molar refractivity (Wildman–Crippen MR) is 46.7 cm³/mol. The van der Waals surface area contributed by atoms with Crippen LogP contribution in [0.4, 0.5) is 0 Å². The molecular weight excluding hydrogens is 154 g/mol. The van der Waals surface area contributed by atoms with Crippen LogP contribution in [0.15, 0.2) is 24.3 Å². The van der Waals surface area contributed by atoms with E-state index in [2.05, 4.69) is 0 Å². The molecule has 1 rings (SSSR count). The minimum Gasteiger partial charge on any atom is -0.508 e. The first-order chi connectivity index (χ1) is 5.56. The van der Waals surface area contributed by atoms with Crippen LogP contribution >= 0.6 is 0 Å². The molecule has 0 aromatic heterocycles. The Balaban J connectivity index is 2.96. The van der Waals surface area contributed by atoms with Gasteiger partial charge in [0.2, 0.25) is 0 Å². The standard InChI is InChI=1S/C9H13NO2/c1-9(10,6-11)7-2-4-8(12)5-3-7/h2-5,11-12H,6,10H2,1H3. The molecule has 0 saturated carbocycles. The maximum atomic E-state index is 8.99. The van der Waals surface area contributed by atoms with Gasteiger partial charge in [0.15, 0.2) is 0 Å². The van der Waals surface area contributed by atoms with Gasteiger partial charge < -0.3 is 15.9 Å². The summed E-state index contributed by atoms with van der Waals surface area (Å²) in [6.07, 6.45) is 0. The van der Waals surface area contributed by atoms with Gasteiger partial charge in [0.1, 0.15) is 5.75 Å². The molecule has 12 heavy (non-hydrogen) atoms. The SMILES string of the molecule is CC(N)(CO)c1ccc(O)cc1. The lowest BCUT2D eigenvalue weighted by Crippen LogP contribution is -2.36. The zero-order valence-corrected chi connectivity index (χ0v) is 6.99. The molecule has 3 heteroatoms. The molecule has 66 valence electrons. The summed E-state index contributed by atoms with van der Waals surface area (Å²) in [4.78, 5) is 0. The Hall–Kier alpha value is -1.06. The molecule has 0 aliphatic rings. The van der Waals surface area contributed by atoms with Gasteiger partial charge in [-0.3, -0.25) is 0 Å². The van der Waals surface area contributed by atoms with Crippen LogP contribution < -0.4 is 5.73 Å². The van der Waals surface area contributed by atoms with Crippen molar-refractivity contribution in [3.8, 4) is 5.75 Å². The van der Waals surface area contributed by atoms with Crippen molar-refractivity contribution in [2.45, 2.75) is 12.5 Å². The van der Waals surface area contributed by atoms with Crippen LogP contribution in [-0.4, -0.2) is 16.8 Å². The van der Waals surface area contributed by atoms with Crippen molar-refractivity contribution in [2.24, 2.45) is 5.73 Å². The van der Waals surface area contributed by atoms with Gasteiger partial charge in [-0.2, -0.15) is 0 Å². The second kappa shape index (κ2) is 3.13. The lowest BCUT2D eigenvalue weighted by atomic mass is 9.94. The number of benzene rings is 1. The summed E-state index contributed by atoms with van der Waals surface area (Å²) in [5.74, 6) is 0.201. The van der Waals surface area contributed by atoms with E-state index < -0.39 is 5.54 Å². The number of phenols is 1. The molecule has 1 atom stereocenters. The van der Waals surface area contributed by atoms with E-state index in [0.29, 0.717) is 0 Å². The van der Waals surface area contributed by atoms with Crippen LogP contribution in [-0.2, 0) is 5.54 Å². The van der Waals surface area contributed by atoms with Gasteiger partial charge in [-0.25, -0.2) is 0 Å². The molecule has 0 spiro atoms. The second-order valence-electron chi connectivity index (χ2n) is 3.12. The van der Waals surface area contributed by atoms with Gasteiger partial charge in [-0.15, -0.1) is 0 Å². The summed E-state index contributed by atoms with van der Waals surface area (Å²) in [5.41, 5.74) is 5.84. The maximum absolute atomic E-state index is 8.99. The number of hydrogen-bond acceptors (Lipinski definition) is 3. The van der Waals surface area contributed by atoms with Crippen LogP contribution in [0.3, 0.4) is 0 Å². The maximum Gasteiger partial charge on any atom is 0.115 e. The molecule has 3 nitrogen and oxygen atoms in total. The fourth-order valence-corrected chi connectivity index (χ4v) is 0.933. The van der Waals surface area contributed by atoms with Crippen LogP contribution in [0.5, 0.6) is 5.75 Å². The number of aromatic hydroxyl groups is 1. The summed E-state index contributed by atoms with van der Waals surface area (Å²) >= 11 is 0. The first-order valence-corrected chi connectivity index (χ1v) is 3.75. The van der Waals surface area contributed by atoms with Gasteiger partial charge in [0.05, 0.1) is 12.1 Å². The summed E-state index contributed by atoms with van der Waals surface area (Å²) in [6.45, 7) is 1.62. The van der Waals surface area contributed by atoms with Crippen molar-refractivity contribution in [3.05, 3.63) is 29.8 Å². The summed E-state index contributed by atoms with van der Waals surface area (Å²) < 4.78 is 0. The van der Waals surface area contributed by atoms with Gasteiger partial charge in [0, 0.05) is 0 Å². The number of phenolic OH excluding ortho intramolecular Hbond substituents is 1. The number of nitrogens with two attached hydrogens (primary N) is 1. The highest BCUT2D eigenvalue weighted by Gasteiger charge is 2.19. The van der Waals surface area contributed by atoms with Crippen molar-refractivity contribution >= 4 is 0 Å². The molecular formula is C9H13NO2. The highest BCUT2D eigenvalue weighted by molar-refractivity contribution is 5.30. The normalized spacial score (nSPS) is 15.6. The lowest BCUT2D eigenvalue weighted by Gasteiger charge is -2.21. The quantitative estimate of drug-likeness (QED) is 0.603. The predicted octanol–water partition coefficient (Wildman–Crippen LogP) is 0.558. The highest BCUT2D eigenvalue weighted by Crippen LogP contribution is 2.19. The third kappa shape index (κ3) is 1.75. The number of hydrogen-bond donors (Lipinski definition) is 3. The molecule has 0 amide bonds. The molecule has 0 heterocycles. The molecule has 0 aliphatic heterocycles. The van der Waals surface area contributed by atoms with Crippen LogP contribution in [0.1, 0.15) is 12.5 Å². The molecule has 0 bridgehead atoms. The first-order valence-electron chi connectivity index (χ1n) is 3.75. The first kappa shape index (κ1) is 9.03. The van der Waals surface area contributed by atoms with Crippen molar-refractivity contribution in [1.29, 1.82) is 0 Å². The van der Waals surface area contributed by atoms with Gasteiger partial charge >= 0.3 is 0 Å². The number of aliphatic hydroxyl groups excluding tert-OH is 1. The van der Waals surface area contributed by atoms with Crippen LogP contribution in [0.25, 0.3) is 0 Å². The van der Waals surface area contributed by atoms with Gasteiger partial charge in [0.25, 0.3) is 0 Å². The zero-order chi connectivity index (χ0) is 9.19. The van der Waals surface area contributed by atoms with E-state index in [9.17, 15) is 0 Å². The van der Waals surface area contributed by atoms with Gasteiger partial charge in [-0.1, -0.05) is 12.1 Å². The third-order valence-electron chi connectivity index (χ3n) is 1.86. The zero-order valence-electron chi connectivity index (χ0n) is 6.99. The molecule has 1 aromatic carbocycles. The fourth-order valence-electron chi connectivity index (χ4n) is 0.933. The van der Waals surface area contributed by atoms with E-state index in [1.165, 1.54) is 0 Å². The summed E-state index contributed by atoms with van der Waals surface area (Å²) in [5, 5.41) is 17.9. The molecule has 1 aromatic rings. The fraction of sp³-hybridized carbons (Fsp3) is 0.333. The Morgan fingerprint density at radius 2 is 1.83 bits per heavy atom. The number of rotatable bonds is 2. The lowest BCUT2D eigenvalue weighted by molar-refractivity contribution is 0.210. The Labute approximate surface area is 71.5 Å². The highest BCUT2D eigenvalue weighted by atomic mass is 16.3. The van der Waals surface area contributed by atoms with E-state index in [0.717, 1.165) is 5.56 Å². The van der Waals surface area contributed by atoms with E-state index in [1.54, 1.807) is 31.2 Å². The van der Waals surface area contributed by atoms with Crippen molar-refractivity contribution in [3.63, 3.8) is 0 Å².